The zero-order chi connectivity index (χ0) is 10.3. The Balaban J connectivity index is 0.000000963. The molecule has 2 saturated heterocycles. The monoisotopic (exact) mass is 297 g/mol. The molecule has 1 radical (unpaired) electrons. The van der Waals surface area contributed by atoms with Crippen LogP contribution in [-0.4, -0.2) is 61.2 Å². The summed E-state index contributed by atoms with van der Waals surface area (Å²) in [6.45, 7) is 6.08. The summed E-state index contributed by atoms with van der Waals surface area (Å²) in [7, 11) is 2.31. The molecule has 4 heteroatoms. The Bertz CT molecular complexity index is 236. The summed E-state index contributed by atoms with van der Waals surface area (Å²) in [4.78, 5) is 5.35. The van der Waals surface area contributed by atoms with Crippen molar-refractivity contribution in [1.82, 2.24) is 9.80 Å². The molecule has 3 rings (SSSR count). The Morgan fingerprint density at radius 1 is 1.12 bits per heavy atom. The Morgan fingerprint density at radius 2 is 1.81 bits per heavy atom. The van der Waals surface area contributed by atoms with Crippen LogP contribution in [0.25, 0.3) is 5.32 Å². The van der Waals surface area contributed by atoms with E-state index < -0.39 is 0 Å². The van der Waals surface area contributed by atoms with E-state index in [4.69, 9.17) is 0 Å². The molecule has 0 atom stereocenters. The van der Waals surface area contributed by atoms with Crippen molar-refractivity contribution < 1.29 is 32.7 Å². The van der Waals surface area contributed by atoms with Gasteiger partial charge in [0.1, 0.15) is 0 Å². The summed E-state index contributed by atoms with van der Waals surface area (Å²) in [5.74, 6) is 0. The van der Waals surface area contributed by atoms with E-state index in [1.54, 1.807) is 0 Å². The molecule has 0 aromatic carbocycles. The van der Waals surface area contributed by atoms with Crippen LogP contribution in [0.5, 0.6) is 0 Å². The minimum Gasteiger partial charge on any atom is -0.662 e. The molecule has 1 saturated carbocycles. The summed E-state index contributed by atoms with van der Waals surface area (Å²) in [6.07, 6.45) is 5.47. The molecule has 1 spiro atoms. The number of hydrogen-bond donors (Lipinski definition) is 0. The van der Waals surface area contributed by atoms with Gasteiger partial charge in [-0.1, -0.05) is 12.8 Å². The second-order valence-corrected chi connectivity index (χ2v) is 5.52. The average Bonchev–Trinajstić information content (AvgIpc) is 3.05. The van der Waals surface area contributed by atoms with Crippen molar-refractivity contribution >= 4 is 0 Å². The largest absolute Gasteiger partial charge is 0.662 e. The van der Waals surface area contributed by atoms with Crippen molar-refractivity contribution in [2.45, 2.75) is 37.3 Å². The summed E-state index contributed by atoms with van der Waals surface area (Å²) in [5, 5.41) is 4.45. The molecule has 1 aliphatic carbocycles. The molecule has 3 nitrogen and oxygen atoms in total. The Kier molecular flexibility index (Phi) is 4.46. The third-order valence-corrected chi connectivity index (χ3v) is 4.61. The third kappa shape index (κ3) is 2.54. The van der Waals surface area contributed by atoms with Crippen LogP contribution in [0.15, 0.2) is 0 Å². The molecule has 2 aliphatic heterocycles. The van der Waals surface area contributed by atoms with Crippen LogP contribution in [0.2, 0.25) is 0 Å². The topological polar surface area (TPSA) is 20.6 Å². The molecule has 0 unspecified atom stereocenters. The van der Waals surface area contributed by atoms with Gasteiger partial charge < -0.3 is 5.32 Å². The molecule has 0 bridgehead atoms. The zero-order valence-electron chi connectivity index (χ0n) is 10.4. The first kappa shape index (κ1) is 13.4. The molecule has 2 heterocycles. The predicted molar refractivity (Wildman–Crippen MR) is 62.3 cm³/mol. The molecule has 3 fully saturated rings. The fourth-order valence-corrected chi connectivity index (χ4v) is 3.19. The van der Waals surface area contributed by atoms with Crippen molar-refractivity contribution in [3.63, 3.8) is 0 Å². The van der Waals surface area contributed by atoms with Crippen molar-refractivity contribution in [3.05, 3.63) is 5.32 Å². The van der Waals surface area contributed by atoms with E-state index in [-0.39, 0.29) is 32.7 Å². The standard InChI is InChI=1S/C12H22N3.Y/c1-14-8-9-15(10-12(14)4-5-12)11-2-6-13-7-3-11;/h11H,2-10H2,1H3;/q-1;. The van der Waals surface area contributed by atoms with Crippen LogP contribution in [0.1, 0.15) is 25.7 Å². The van der Waals surface area contributed by atoms with Gasteiger partial charge in [0, 0.05) is 63.9 Å². The van der Waals surface area contributed by atoms with Gasteiger partial charge in [-0.3, -0.25) is 9.80 Å². The van der Waals surface area contributed by atoms with E-state index in [1.807, 2.05) is 0 Å². The molecule has 89 valence electrons. The van der Waals surface area contributed by atoms with Gasteiger partial charge in [-0.15, -0.1) is 13.1 Å². The minimum absolute atomic E-state index is 0. The zero-order valence-corrected chi connectivity index (χ0v) is 13.2. The maximum atomic E-state index is 4.45. The van der Waals surface area contributed by atoms with E-state index in [1.165, 1.54) is 45.3 Å². The van der Waals surface area contributed by atoms with Crippen LogP contribution < -0.4 is 0 Å². The maximum absolute atomic E-state index is 4.45. The number of piperazine rings is 1. The van der Waals surface area contributed by atoms with E-state index in [0.717, 1.165) is 19.1 Å². The summed E-state index contributed by atoms with van der Waals surface area (Å²) < 4.78 is 0. The number of rotatable bonds is 1. The minimum atomic E-state index is 0. The Morgan fingerprint density at radius 3 is 2.44 bits per heavy atom. The molecule has 3 aliphatic rings. The van der Waals surface area contributed by atoms with Crippen molar-refractivity contribution in [2.24, 2.45) is 0 Å². The van der Waals surface area contributed by atoms with Gasteiger partial charge >= 0.3 is 0 Å². The fourth-order valence-electron chi connectivity index (χ4n) is 3.19. The first-order valence-electron chi connectivity index (χ1n) is 6.39. The second kappa shape index (κ2) is 5.32. The van der Waals surface area contributed by atoms with E-state index >= 15 is 0 Å². The molecule has 16 heavy (non-hydrogen) atoms. The summed E-state index contributed by atoms with van der Waals surface area (Å²) in [5.41, 5.74) is 0.590. The molecular weight excluding hydrogens is 275 g/mol. The van der Waals surface area contributed by atoms with Crippen LogP contribution in [0, 0.1) is 0 Å². The van der Waals surface area contributed by atoms with Gasteiger partial charge in [-0.2, -0.15) is 0 Å². The van der Waals surface area contributed by atoms with Gasteiger partial charge in [-0.25, -0.2) is 0 Å². The van der Waals surface area contributed by atoms with Crippen LogP contribution in [0.3, 0.4) is 0 Å². The van der Waals surface area contributed by atoms with Gasteiger partial charge in [0.15, 0.2) is 0 Å². The van der Waals surface area contributed by atoms with Gasteiger partial charge in [0.25, 0.3) is 0 Å². The molecular formula is C12H22N3Y-. The quantitative estimate of drug-likeness (QED) is 0.727. The van der Waals surface area contributed by atoms with E-state index in [9.17, 15) is 0 Å². The second-order valence-electron chi connectivity index (χ2n) is 5.52. The summed E-state index contributed by atoms with van der Waals surface area (Å²) in [6, 6.07) is 0.841. The van der Waals surface area contributed by atoms with E-state index in [0.29, 0.717) is 5.54 Å². The smallest absolute Gasteiger partial charge is 0.0335 e. The predicted octanol–water partition coefficient (Wildman–Crippen LogP) is 1.30. The van der Waals surface area contributed by atoms with Gasteiger partial charge in [0.2, 0.25) is 0 Å². The Labute approximate surface area is 124 Å². The van der Waals surface area contributed by atoms with Crippen LogP contribution in [-0.2, 0) is 32.7 Å². The molecule has 0 aromatic heterocycles. The first-order valence-corrected chi connectivity index (χ1v) is 6.39. The summed E-state index contributed by atoms with van der Waals surface area (Å²) >= 11 is 0. The molecule has 0 amide bonds. The van der Waals surface area contributed by atoms with Crippen molar-refractivity contribution in [3.8, 4) is 0 Å². The number of likely N-dealkylation sites (N-methyl/N-ethyl adjacent to an activating group) is 1. The van der Waals surface area contributed by atoms with Crippen molar-refractivity contribution in [1.29, 1.82) is 0 Å². The van der Waals surface area contributed by atoms with Crippen LogP contribution in [0.4, 0.5) is 0 Å². The number of hydrogen-bond acceptors (Lipinski definition) is 2. The maximum Gasteiger partial charge on any atom is 0.0335 e. The normalized spacial score (nSPS) is 31.3. The molecule has 0 N–H and O–H groups in total. The fraction of sp³-hybridized carbons (Fsp3) is 1.00. The average molecular weight is 297 g/mol. The van der Waals surface area contributed by atoms with Crippen LogP contribution >= 0.6 is 0 Å². The van der Waals surface area contributed by atoms with Gasteiger partial charge in [0.05, 0.1) is 0 Å². The SMILES string of the molecule is CN1CCN(C2CC[N-]CC2)CC12CC2.[Y]. The number of piperidine rings is 1. The number of nitrogens with zero attached hydrogens (tertiary/aromatic N) is 3. The van der Waals surface area contributed by atoms with Crippen molar-refractivity contribution in [2.75, 3.05) is 39.8 Å². The third-order valence-electron chi connectivity index (χ3n) is 4.61. The first-order chi connectivity index (χ1) is 7.30. The Hall–Kier alpha value is 0.984. The van der Waals surface area contributed by atoms with E-state index in [2.05, 4.69) is 22.2 Å². The molecule has 0 aromatic rings. The van der Waals surface area contributed by atoms with Gasteiger partial charge in [-0.05, 0) is 19.9 Å².